The Morgan fingerprint density at radius 2 is 1.91 bits per heavy atom. The van der Waals surface area contributed by atoms with Crippen LogP contribution >= 0.6 is 0 Å². The number of aliphatic carboxylic acids is 1. The molecule has 0 heterocycles. The van der Waals surface area contributed by atoms with Crippen LogP contribution in [0.15, 0.2) is 12.2 Å². The van der Waals surface area contributed by atoms with Crippen LogP contribution < -0.4 is 0 Å². The van der Waals surface area contributed by atoms with Crippen molar-refractivity contribution in [2.75, 3.05) is 0 Å². The maximum atomic E-state index is 12.1. The Balaban J connectivity index is 1.82. The monoisotopic (exact) mass is 318 g/mol. The van der Waals surface area contributed by atoms with Crippen LogP contribution in [0, 0.1) is 28.1 Å². The molecule has 0 aromatic carbocycles. The summed E-state index contributed by atoms with van der Waals surface area (Å²) in [5.41, 5.74) is -0.367. The number of hydrogen-bond donors (Lipinski definition) is 2. The third kappa shape index (κ3) is 1.63. The number of aliphatic hydroxyl groups is 1. The summed E-state index contributed by atoms with van der Waals surface area (Å²) in [5, 5.41) is 21.9. The van der Waals surface area contributed by atoms with E-state index in [1.165, 1.54) is 5.57 Å². The Bertz CT molecular complexity index is 583. The minimum Gasteiger partial charge on any atom is -0.481 e. The average molecular weight is 318 g/mol. The molecule has 1 spiro atoms. The first-order valence-corrected chi connectivity index (χ1v) is 9.32. The quantitative estimate of drug-likeness (QED) is 0.714. The lowest BCUT2D eigenvalue weighted by atomic mass is 9.39. The summed E-state index contributed by atoms with van der Waals surface area (Å²) in [4.78, 5) is 12.1. The molecule has 1 unspecified atom stereocenters. The molecule has 0 radical (unpaired) electrons. The Labute approximate surface area is 139 Å². The van der Waals surface area contributed by atoms with Gasteiger partial charge in [0.1, 0.15) is 0 Å². The molecule has 0 aromatic heterocycles. The van der Waals surface area contributed by atoms with E-state index in [-0.39, 0.29) is 16.7 Å². The Hall–Kier alpha value is -0.830. The van der Waals surface area contributed by atoms with Gasteiger partial charge < -0.3 is 10.2 Å². The fourth-order valence-corrected chi connectivity index (χ4v) is 7.51. The zero-order chi connectivity index (χ0) is 16.7. The fraction of sp³-hybridized carbons (Fsp3) is 0.850. The lowest BCUT2D eigenvalue weighted by molar-refractivity contribution is -0.262. The largest absolute Gasteiger partial charge is 0.481 e. The summed E-state index contributed by atoms with van der Waals surface area (Å²) in [5.74, 6) is 0.00431. The maximum absolute atomic E-state index is 12.1. The molecule has 4 aliphatic rings. The summed E-state index contributed by atoms with van der Waals surface area (Å²) < 4.78 is 0. The van der Waals surface area contributed by atoms with E-state index < -0.39 is 17.0 Å². The highest BCUT2D eigenvalue weighted by Crippen LogP contribution is 2.73. The van der Waals surface area contributed by atoms with Gasteiger partial charge in [-0.1, -0.05) is 25.5 Å². The number of carboxylic acid groups (broad SMARTS) is 1. The minimum atomic E-state index is -0.712. The van der Waals surface area contributed by atoms with Crippen LogP contribution in [0.25, 0.3) is 0 Å². The summed E-state index contributed by atoms with van der Waals surface area (Å²) in [6.45, 7) is 8.43. The van der Waals surface area contributed by atoms with E-state index >= 15 is 0 Å². The number of rotatable bonds is 1. The van der Waals surface area contributed by atoms with Gasteiger partial charge in [0.15, 0.2) is 0 Å². The van der Waals surface area contributed by atoms with Crippen molar-refractivity contribution in [1.29, 1.82) is 0 Å². The molecule has 4 fully saturated rings. The molecule has 128 valence electrons. The topological polar surface area (TPSA) is 57.5 Å². The minimum absolute atomic E-state index is 0.0327. The molecule has 4 aliphatic carbocycles. The summed E-state index contributed by atoms with van der Waals surface area (Å²) in [6.07, 6.45) is 8.45. The lowest BCUT2D eigenvalue weighted by Crippen LogP contribution is -2.68. The van der Waals surface area contributed by atoms with Gasteiger partial charge in [0.25, 0.3) is 0 Å². The van der Waals surface area contributed by atoms with Crippen molar-refractivity contribution in [3.8, 4) is 0 Å². The number of carbonyl (C=O) groups is 1. The van der Waals surface area contributed by atoms with Gasteiger partial charge in [0, 0.05) is 10.8 Å². The Kier molecular flexibility index (Phi) is 3.01. The Morgan fingerprint density at radius 1 is 1.17 bits per heavy atom. The maximum Gasteiger partial charge on any atom is 0.309 e. The van der Waals surface area contributed by atoms with Gasteiger partial charge in [-0.25, -0.2) is 0 Å². The number of carboxylic acids is 1. The first-order valence-electron chi connectivity index (χ1n) is 9.32. The van der Waals surface area contributed by atoms with E-state index in [2.05, 4.69) is 13.5 Å². The number of allylic oxidation sites excluding steroid dienone is 1. The van der Waals surface area contributed by atoms with Crippen molar-refractivity contribution in [2.45, 2.75) is 77.2 Å². The predicted octanol–water partition coefficient (Wildman–Crippen LogP) is 4.16. The van der Waals surface area contributed by atoms with Crippen molar-refractivity contribution in [3.05, 3.63) is 12.2 Å². The molecule has 2 bridgehead atoms. The zero-order valence-electron chi connectivity index (χ0n) is 14.5. The summed E-state index contributed by atoms with van der Waals surface area (Å²) in [7, 11) is 0. The van der Waals surface area contributed by atoms with E-state index in [0.29, 0.717) is 5.92 Å². The highest BCUT2D eigenvalue weighted by Gasteiger charge is 2.72. The van der Waals surface area contributed by atoms with Crippen molar-refractivity contribution >= 4 is 5.97 Å². The van der Waals surface area contributed by atoms with E-state index in [1.54, 1.807) is 0 Å². The van der Waals surface area contributed by atoms with Gasteiger partial charge in [0.2, 0.25) is 0 Å². The highest BCUT2D eigenvalue weighted by molar-refractivity contribution is 5.75. The third-order valence-corrected chi connectivity index (χ3v) is 8.79. The molecule has 23 heavy (non-hydrogen) atoms. The van der Waals surface area contributed by atoms with Crippen LogP contribution in [0.3, 0.4) is 0 Å². The van der Waals surface area contributed by atoms with Gasteiger partial charge in [-0.2, -0.15) is 0 Å². The predicted molar refractivity (Wildman–Crippen MR) is 88.9 cm³/mol. The molecule has 3 nitrogen and oxygen atoms in total. The van der Waals surface area contributed by atoms with E-state index in [4.69, 9.17) is 0 Å². The molecule has 0 saturated heterocycles. The van der Waals surface area contributed by atoms with Crippen molar-refractivity contribution < 1.29 is 15.0 Å². The number of hydrogen-bond acceptors (Lipinski definition) is 2. The molecule has 0 aliphatic heterocycles. The second-order valence-corrected chi connectivity index (χ2v) is 9.50. The SMILES string of the molecule is C=C1C[C@@]23CC[C@@H]4[C@](C)(C(=O)O)CCC[C@@]4(C)[C@]2(O)CCC1C3. The average Bonchev–Trinajstić information content (AvgIpc) is 2.75. The van der Waals surface area contributed by atoms with Crippen LogP contribution in [0.5, 0.6) is 0 Å². The van der Waals surface area contributed by atoms with Crippen LogP contribution in [0.1, 0.15) is 71.6 Å². The third-order valence-electron chi connectivity index (χ3n) is 8.79. The zero-order valence-corrected chi connectivity index (χ0v) is 14.5. The van der Waals surface area contributed by atoms with Crippen LogP contribution in [-0.4, -0.2) is 21.8 Å². The fourth-order valence-electron chi connectivity index (χ4n) is 7.51. The second-order valence-electron chi connectivity index (χ2n) is 9.50. The van der Waals surface area contributed by atoms with Gasteiger partial charge in [-0.3, -0.25) is 4.79 Å². The number of fused-ring (bicyclic) bond motifs is 3. The van der Waals surface area contributed by atoms with Crippen molar-refractivity contribution in [3.63, 3.8) is 0 Å². The molecule has 4 saturated carbocycles. The van der Waals surface area contributed by atoms with Gasteiger partial charge in [0.05, 0.1) is 11.0 Å². The summed E-state index contributed by atoms with van der Waals surface area (Å²) in [6, 6.07) is 0. The van der Waals surface area contributed by atoms with Gasteiger partial charge in [-0.15, -0.1) is 0 Å². The first-order chi connectivity index (χ1) is 10.7. The molecular weight excluding hydrogens is 288 g/mol. The van der Waals surface area contributed by atoms with E-state index in [9.17, 15) is 15.0 Å². The van der Waals surface area contributed by atoms with Crippen LogP contribution in [-0.2, 0) is 4.79 Å². The lowest BCUT2D eigenvalue weighted by Gasteiger charge is -2.67. The van der Waals surface area contributed by atoms with Crippen LogP contribution in [0.2, 0.25) is 0 Å². The van der Waals surface area contributed by atoms with Gasteiger partial charge in [-0.05, 0) is 70.1 Å². The molecule has 3 heteroatoms. The molecule has 6 atom stereocenters. The highest BCUT2D eigenvalue weighted by atomic mass is 16.4. The normalized spacial score (nSPS) is 55.2. The molecule has 2 N–H and O–H groups in total. The Morgan fingerprint density at radius 3 is 2.61 bits per heavy atom. The second kappa shape index (κ2) is 4.41. The molecule has 0 amide bonds. The molecule has 4 rings (SSSR count). The van der Waals surface area contributed by atoms with Crippen LogP contribution in [0.4, 0.5) is 0 Å². The van der Waals surface area contributed by atoms with Crippen molar-refractivity contribution in [1.82, 2.24) is 0 Å². The van der Waals surface area contributed by atoms with E-state index in [0.717, 1.165) is 57.8 Å². The van der Waals surface area contributed by atoms with Crippen molar-refractivity contribution in [2.24, 2.45) is 28.1 Å². The smallest absolute Gasteiger partial charge is 0.309 e. The summed E-state index contributed by atoms with van der Waals surface area (Å²) >= 11 is 0. The van der Waals surface area contributed by atoms with Gasteiger partial charge >= 0.3 is 5.97 Å². The molecule has 0 aromatic rings. The van der Waals surface area contributed by atoms with E-state index in [1.807, 2.05) is 6.92 Å². The first kappa shape index (κ1) is 15.7. The molecular formula is C20H30O3. The standard InChI is InChI=1S/C20H30O3/c1-13-11-19-9-6-15-17(2,16(21)22)7-4-8-18(15,3)20(19,23)10-5-14(13)12-19/h14-15,23H,1,4-12H2,2-3H3,(H,21,22)/t14?,15-,17-,18-,19-,20-/m1/s1.